The maximum absolute atomic E-state index is 8.31. The monoisotopic (exact) mass is 367 g/mol. The predicted octanol–water partition coefficient (Wildman–Crippen LogP) is 2.95. The van der Waals surface area contributed by atoms with E-state index >= 15 is 0 Å². The summed E-state index contributed by atoms with van der Waals surface area (Å²) in [6, 6.07) is 9.72. The summed E-state index contributed by atoms with van der Waals surface area (Å²) in [5.41, 5.74) is 1.76. The Morgan fingerprint density at radius 2 is 2.16 bits per heavy atom. The smallest absolute Gasteiger partial charge is 0.207 e. The van der Waals surface area contributed by atoms with Crippen LogP contribution in [0, 0.1) is 10.8 Å². The molecule has 0 amide bonds. The maximum atomic E-state index is 8.31. The van der Waals surface area contributed by atoms with E-state index in [0.717, 1.165) is 21.4 Å². The molecule has 0 aliphatic heterocycles. The average Bonchev–Trinajstić information content (AvgIpc) is 3.20. The molecule has 124 valence electrons. The summed E-state index contributed by atoms with van der Waals surface area (Å²) in [5, 5.41) is 26.8. The van der Waals surface area contributed by atoms with Gasteiger partial charge in [0.05, 0.1) is 17.3 Å². The van der Waals surface area contributed by atoms with Crippen molar-refractivity contribution in [2.24, 2.45) is 7.05 Å². The number of benzene rings is 1. The number of hydrogen-bond donors (Lipinski definition) is 2. The van der Waals surface area contributed by atoms with Crippen LogP contribution in [0.1, 0.15) is 0 Å². The van der Waals surface area contributed by atoms with E-state index in [-0.39, 0.29) is 9.97 Å². The highest BCUT2D eigenvalue weighted by Gasteiger charge is 2.13. The van der Waals surface area contributed by atoms with Crippen LogP contribution in [-0.4, -0.2) is 29.7 Å². The van der Waals surface area contributed by atoms with E-state index in [2.05, 4.69) is 15.2 Å². The van der Waals surface area contributed by atoms with Gasteiger partial charge in [0.1, 0.15) is 0 Å². The Hall–Kier alpha value is -2.78. The van der Waals surface area contributed by atoms with Crippen LogP contribution in [-0.2, 0) is 7.05 Å². The molecule has 0 fully saturated rings. The lowest BCUT2D eigenvalue weighted by molar-refractivity contribution is 0.768. The number of pyridine rings is 1. The molecular formula is C16H13N7S2. The van der Waals surface area contributed by atoms with Gasteiger partial charge < -0.3 is 0 Å². The number of nitrogens with one attached hydrogen (secondary N) is 2. The van der Waals surface area contributed by atoms with E-state index in [4.69, 9.17) is 10.8 Å². The van der Waals surface area contributed by atoms with Crippen LogP contribution < -0.4 is 4.80 Å². The molecule has 3 heterocycles. The standard InChI is InChI=1S/C16H13N7S2/c1-22-9-11(8-20-22)14-21-23(16(18)25-14)15(17)24-12-4-5-13-10(7-12)3-2-6-19-13/h2-9,17-18H,1H3. The molecule has 0 aliphatic rings. The Bertz CT molecular complexity index is 1140. The molecule has 9 heteroatoms. The minimum atomic E-state index is 0.180. The number of aromatic nitrogens is 5. The molecule has 25 heavy (non-hydrogen) atoms. The Morgan fingerprint density at radius 1 is 1.28 bits per heavy atom. The van der Waals surface area contributed by atoms with Gasteiger partial charge in [0.25, 0.3) is 0 Å². The van der Waals surface area contributed by atoms with Gasteiger partial charge in [-0.1, -0.05) is 29.2 Å². The molecule has 0 spiro atoms. The summed E-state index contributed by atoms with van der Waals surface area (Å²) in [6.45, 7) is 0. The second-order valence-electron chi connectivity index (χ2n) is 5.29. The first-order valence-corrected chi connectivity index (χ1v) is 8.99. The molecule has 4 aromatic rings. The quantitative estimate of drug-likeness (QED) is 0.323. The molecule has 3 aromatic heterocycles. The molecular weight excluding hydrogens is 354 g/mol. The van der Waals surface area contributed by atoms with Crippen LogP contribution in [0.5, 0.6) is 0 Å². The maximum Gasteiger partial charge on any atom is 0.207 e. The fourth-order valence-corrected chi connectivity index (χ4v) is 3.92. The van der Waals surface area contributed by atoms with Crippen molar-refractivity contribution in [1.29, 1.82) is 10.8 Å². The highest BCUT2D eigenvalue weighted by molar-refractivity contribution is 8.13. The molecule has 0 aliphatic carbocycles. The zero-order valence-corrected chi connectivity index (χ0v) is 14.8. The van der Waals surface area contributed by atoms with E-state index in [9.17, 15) is 0 Å². The summed E-state index contributed by atoms with van der Waals surface area (Å²) >= 11 is 2.48. The van der Waals surface area contributed by atoms with Crippen molar-refractivity contribution >= 4 is 39.2 Å². The van der Waals surface area contributed by atoms with Crippen LogP contribution >= 0.6 is 23.1 Å². The van der Waals surface area contributed by atoms with E-state index in [1.807, 2.05) is 43.6 Å². The minimum Gasteiger partial charge on any atom is -0.277 e. The SMILES string of the molecule is Cn1cc(-c2nn(C(=N)Sc3ccc4ncccc4c3)c(=N)s2)cn1. The van der Waals surface area contributed by atoms with Crippen molar-refractivity contribution in [2.45, 2.75) is 4.90 Å². The topological polar surface area (TPSA) is 96.2 Å². The highest BCUT2D eigenvalue weighted by atomic mass is 32.2. The summed E-state index contributed by atoms with van der Waals surface area (Å²) in [7, 11) is 1.83. The van der Waals surface area contributed by atoms with Crippen molar-refractivity contribution in [3.05, 3.63) is 53.7 Å². The van der Waals surface area contributed by atoms with Gasteiger partial charge in [0, 0.05) is 29.7 Å². The van der Waals surface area contributed by atoms with Crippen LogP contribution in [0.2, 0.25) is 0 Å². The minimum absolute atomic E-state index is 0.180. The van der Waals surface area contributed by atoms with E-state index in [1.54, 1.807) is 17.1 Å². The zero-order valence-electron chi connectivity index (χ0n) is 13.2. The first-order chi connectivity index (χ1) is 12.1. The van der Waals surface area contributed by atoms with Crippen LogP contribution in [0.3, 0.4) is 0 Å². The van der Waals surface area contributed by atoms with Crippen LogP contribution in [0.4, 0.5) is 0 Å². The fraction of sp³-hybridized carbons (Fsp3) is 0.0625. The highest BCUT2D eigenvalue weighted by Crippen LogP contribution is 2.24. The number of nitrogens with zero attached hydrogens (tertiary/aromatic N) is 5. The molecule has 0 radical (unpaired) electrons. The Balaban J connectivity index is 1.62. The predicted molar refractivity (Wildman–Crippen MR) is 98.9 cm³/mol. The van der Waals surface area contributed by atoms with Gasteiger partial charge in [0.15, 0.2) is 10.2 Å². The summed E-state index contributed by atoms with van der Waals surface area (Å²) in [5.74, 6) is 0. The normalized spacial score (nSPS) is 11.1. The Labute approximate surface area is 151 Å². The number of thioether (sulfide) groups is 1. The van der Waals surface area contributed by atoms with Gasteiger partial charge in [-0.15, -0.1) is 0 Å². The lowest BCUT2D eigenvalue weighted by Crippen LogP contribution is -2.20. The number of fused-ring (bicyclic) bond motifs is 1. The van der Waals surface area contributed by atoms with E-state index in [1.165, 1.54) is 27.8 Å². The van der Waals surface area contributed by atoms with Gasteiger partial charge in [0.2, 0.25) is 4.80 Å². The molecule has 7 nitrogen and oxygen atoms in total. The third-order valence-corrected chi connectivity index (χ3v) is 5.24. The number of aryl methyl sites for hydroxylation is 1. The first kappa shape index (κ1) is 15.7. The molecule has 1 aromatic carbocycles. The zero-order chi connectivity index (χ0) is 17.4. The third-order valence-electron chi connectivity index (χ3n) is 3.51. The van der Waals surface area contributed by atoms with Crippen molar-refractivity contribution in [3.63, 3.8) is 0 Å². The molecule has 0 bridgehead atoms. The van der Waals surface area contributed by atoms with Crippen LogP contribution in [0.25, 0.3) is 21.5 Å². The number of rotatable bonds is 2. The van der Waals surface area contributed by atoms with E-state index < -0.39 is 0 Å². The molecule has 4 rings (SSSR count). The first-order valence-electron chi connectivity index (χ1n) is 7.35. The lowest BCUT2D eigenvalue weighted by Gasteiger charge is -2.04. The summed E-state index contributed by atoms with van der Waals surface area (Å²) < 4.78 is 3.03. The van der Waals surface area contributed by atoms with E-state index in [0.29, 0.717) is 5.01 Å². The van der Waals surface area contributed by atoms with Gasteiger partial charge >= 0.3 is 0 Å². The van der Waals surface area contributed by atoms with Crippen molar-refractivity contribution < 1.29 is 0 Å². The van der Waals surface area contributed by atoms with Crippen molar-refractivity contribution in [3.8, 4) is 10.6 Å². The van der Waals surface area contributed by atoms with Crippen molar-refractivity contribution in [1.82, 2.24) is 24.5 Å². The molecule has 0 unspecified atom stereocenters. The summed E-state index contributed by atoms with van der Waals surface area (Å²) in [6.07, 6.45) is 5.31. The molecule has 0 saturated heterocycles. The van der Waals surface area contributed by atoms with Crippen molar-refractivity contribution in [2.75, 3.05) is 0 Å². The lowest BCUT2D eigenvalue weighted by atomic mass is 10.2. The fourth-order valence-electron chi connectivity index (χ4n) is 2.35. The Kier molecular flexibility index (Phi) is 3.94. The van der Waals surface area contributed by atoms with Gasteiger partial charge in [-0.05, 0) is 24.3 Å². The second kappa shape index (κ2) is 6.26. The van der Waals surface area contributed by atoms with Crippen LogP contribution in [0.15, 0.2) is 53.8 Å². The molecule has 0 atom stereocenters. The van der Waals surface area contributed by atoms with Gasteiger partial charge in [-0.2, -0.15) is 14.9 Å². The molecule has 0 saturated carbocycles. The Morgan fingerprint density at radius 3 is 2.96 bits per heavy atom. The number of hydrogen-bond acceptors (Lipinski definition) is 7. The largest absolute Gasteiger partial charge is 0.277 e. The second-order valence-corrected chi connectivity index (χ2v) is 7.33. The summed E-state index contributed by atoms with van der Waals surface area (Å²) in [4.78, 5) is 5.41. The third kappa shape index (κ3) is 3.11. The molecule has 2 N–H and O–H groups in total. The van der Waals surface area contributed by atoms with Gasteiger partial charge in [-0.25, -0.2) is 0 Å². The van der Waals surface area contributed by atoms with Gasteiger partial charge in [-0.3, -0.25) is 20.5 Å². The average molecular weight is 367 g/mol.